The van der Waals surface area contributed by atoms with Crippen LogP contribution in [0.1, 0.15) is 38.3 Å². The second-order valence-corrected chi connectivity index (χ2v) is 7.45. The number of amides is 3. The third-order valence-electron chi connectivity index (χ3n) is 5.18. The topological polar surface area (TPSA) is 83.8 Å². The Bertz CT molecular complexity index is 889. The van der Waals surface area contributed by atoms with E-state index in [1.165, 1.54) is 26.7 Å². The summed E-state index contributed by atoms with van der Waals surface area (Å²) in [5, 5.41) is 4.69. The van der Waals surface area contributed by atoms with E-state index < -0.39 is 5.54 Å². The summed E-state index contributed by atoms with van der Waals surface area (Å²) in [7, 11) is 0. The Kier molecular flexibility index (Phi) is 3.45. The number of imide groups is 1. The van der Waals surface area contributed by atoms with Crippen molar-refractivity contribution in [2.75, 3.05) is 0 Å². The average molecular weight is 346 g/mol. The Morgan fingerprint density at radius 3 is 3.00 bits per heavy atom. The molecule has 3 amide bonds. The quantitative estimate of drug-likeness (QED) is 0.840. The third kappa shape index (κ3) is 2.16. The van der Waals surface area contributed by atoms with Gasteiger partial charge in [-0.25, -0.2) is 9.78 Å². The molecule has 126 valence electrons. The molecular formula is C16H18N4O3S. The zero-order chi connectivity index (χ0) is 16.9. The lowest BCUT2D eigenvalue weighted by Gasteiger charge is -2.36. The molecule has 1 aliphatic heterocycles. The molecule has 24 heavy (non-hydrogen) atoms. The zero-order valence-corrected chi connectivity index (χ0v) is 14.1. The first-order valence-corrected chi connectivity index (χ1v) is 8.99. The van der Waals surface area contributed by atoms with Gasteiger partial charge < -0.3 is 5.32 Å². The molecule has 1 N–H and O–H groups in total. The molecule has 7 nitrogen and oxygen atoms in total. The standard InChI is InChI=1S/C16H18N4O3S/c1-10-4-2-3-5-16(10)13(22)20(14(23)18-16)9-11-8-12(21)19-6-7-24-15(19)17-11/h6-8,10H,2-5,9H2,1H3,(H,18,23)/t10-,16+/m0/s1. The van der Waals surface area contributed by atoms with Crippen molar-refractivity contribution >= 4 is 28.2 Å². The Balaban J connectivity index is 1.65. The summed E-state index contributed by atoms with van der Waals surface area (Å²) in [5.41, 5.74) is -0.548. The highest BCUT2D eigenvalue weighted by atomic mass is 32.1. The highest BCUT2D eigenvalue weighted by Gasteiger charge is 2.54. The molecule has 2 fully saturated rings. The van der Waals surface area contributed by atoms with Gasteiger partial charge in [0.1, 0.15) is 5.54 Å². The number of fused-ring (bicyclic) bond motifs is 1. The van der Waals surface area contributed by atoms with E-state index in [9.17, 15) is 14.4 Å². The molecule has 1 saturated heterocycles. The first kappa shape index (κ1) is 15.3. The van der Waals surface area contributed by atoms with Gasteiger partial charge in [0.2, 0.25) is 0 Å². The molecule has 3 heterocycles. The summed E-state index contributed by atoms with van der Waals surface area (Å²) in [6, 6.07) is 0.997. The largest absolute Gasteiger partial charge is 0.325 e. The molecule has 2 aliphatic rings. The van der Waals surface area contributed by atoms with E-state index >= 15 is 0 Å². The molecule has 2 atom stereocenters. The van der Waals surface area contributed by atoms with Gasteiger partial charge >= 0.3 is 6.03 Å². The third-order valence-corrected chi connectivity index (χ3v) is 5.93. The summed E-state index contributed by atoms with van der Waals surface area (Å²) in [5.74, 6) is -0.0704. The lowest BCUT2D eigenvalue weighted by molar-refractivity contribution is -0.134. The van der Waals surface area contributed by atoms with Crippen LogP contribution >= 0.6 is 11.3 Å². The fraction of sp³-hybridized carbons (Fsp3) is 0.500. The second kappa shape index (κ2) is 5.41. The molecule has 1 spiro atoms. The van der Waals surface area contributed by atoms with E-state index in [1.807, 2.05) is 6.92 Å². The minimum Gasteiger partial charge on any atom is -0.323 e. The monoisotopic (exact) mass is 346 g/mol. The lowest BCUT2D eigenvalue weighted by atomic mass is 9.73. The molecule has 1 aliphatic carbocycles. The molecule has 2 aromatic heterocycles. The Morgan fingerprint density at radius 1 is 1.38 bits per heavy atom. The number of hydrogen-bond acceptors (Lipinski definition) is 5. The van der Waals surface area contributed by atoms with E-state index in [-0.39, 0.29) is 30.0 Å². The van der Waals surface area contributed by atoms with Crippen LogP contribution in [-0.4, -0.2) is 31.8 Å². The highest BCUT2D eigenvalue weighted by Crippen LogP contribution is 2.38. The minimum atomic E-state index is -0.780. The average Bonchev–Trinajstić information content (AvgIpc) is 3.10. The summed E-state index contributed by atoms with van der Waals surface area (Å²) in [6.07, 6.45) is 5.28. The van der Waals surface area contributed by atoms with Gasteiger partial charge in [0.15, 0.2) is 4.96 Å². The van der Waals surface area contributed by atoms with Gasteiger partial charge in [0.25, 0.3) is 11.5 Å². The molecule has 0 bridgehead atoms. The number of nitrogens with zero attached hydrogens (tertiary/aromatic N) is 3. The van der Waals surface area contributed by atoms with E-state index in [4.69, 9.17) is 0 Å². The van der Waals surface area contributed by atoms with Crippen LogP contribution in [0.3, 0.4) is 0 Å². The number of urea groups is 1. The Morgan fingerprint density at radius 2 is 2.21 bits per heavy atom. The first-order chi connectivity index (χ1) is 11.5. The van der Waals surface area contributed by atoms with Gasteiger partial charge in [-0.15, -0.1) is 11.3 Å². The molecule has 4 rings (SSSR count). The van der Waals surface area contributed by atoms with Crippen molar-refractivity contribution in [1.29, 1.82) is 0 Å². The summed E-state index contributed by atoms with van der Waals surface area (Å²) in [4.78, 5) is 43.6. The van der Waals surface area contributed by atoms with Crippen LogP contribution in [0.4, 0.5) is 4.79 Å². The number of hydrogen-bond donors (Lipinski definition) is 1. The number of rotatable bonds is 2. The molecular weight excluding hydrogens is 328 g/mol. The number of aromatic nitrogens is 2. The van der Waals surface area contributed by atoms with Gasteiger partial charge in [-0.05, 0) is 18.8 Å². The van der Waals surface area contributed by atoms with E-state index in [0.29, 0.717) is 17.1 Å². The van der Waals surface area contributed by atoms with Crippen molar-refractivity contribution in [2.45, 2.75) is 44.7 Å². The van der Waals surface area contributed by atoms with Gasteiger partial charge in [-0.3, -0.25) is 18.9 Å². The summed E-state index contributed by atoms with van der Waals surface area (Å²) < 4.78 is 1.45. The van der Waals surface area contributed by atoms with E-state index in [0.717, 1.165) is 19.3 Å². The van der Waals surface area contributed by atoms with Crippen LogP contribution in [0.15, 0.2) is 22.4 Å². The van der Waals surface area contributed by atoms with Gasteiger partial charge in [-0.1, -0.05) is 19.8 Å². The maximum absolute atomic E-state index is 12.9. The lowest BCUT2D eigenvalue weighted by Crippen LogP contribution is -2.53. The molecule has 0 unspecified atom stereocenters. The number of carbonyl (C=O) groups excluding carboxylic acids is 2. The van der Waals surface area contributed by atoms with Crippen molar-refractivity contribution in [3.63, 3.8) is 0 Å². The number of nitrogens with one attached hydrogen (secondary N) is 1. The van der Waals surface area contributed by atoms with Crippen LogP contribution < -0.4 is 10.9 Å². The zero-order valence-electron chi connectivity index (χ0n) is 13.3. The van der Waals surface area contributed by atoms with Crippen molar-refractivity contribution in [2.24, 2.45) is 5.92 Å². The van der Waals surface area contributed by atoms with Gasteiger partial charge in [0.05, 0.1) is 12.2 Å². The van der Waals surface area contributed by atoms with Crippen LogP contribution in [0.2, 0.25) is 0 Å². The Labute approximate surface area is 142 Å². The second-order valence-electron chi connectivity index (χ2n) is 6.58. The fourth-order valence-electron chi connectivity index (χ4n) is 3.77. The van der Waals surface area contributed by atoms with Crippen molar-refractivity contribution in [3.05, 3.63) is 33.7 Å². The van der Waals surface area contributed by atoms with Crippen LogP contribution in [0.5, 0.6) is 0 Å². The fourth-order valence-corrected chi connectivity index (χ4v) is 4.51. The molecule has 8 heteroatoms. The van der Waals surface area contributed by atoms with Gasteiger partial charge in [0, 0.05) is 17.6 Å². The molecule has 0 radical (unpaired) electrons. The maximum Gasteiger partial charge on any atom is 0.325 e. The predicted molar refractivity (Wildman–Crippen MR) is 88.8 cm³/mol. The number of thiazole rings is 1. The van der Waals surface area contributed by atoms with Crippen LogP contribution in [0, 0.1) is 5.92 Å². The van der Waals surface area contributed by atoms with Crippen molar-refractivity contribution in [1.82, 2.24) is 19.6 Å². The SMILES string of the molecule is C[C@H]1CCCC[C@@]12NC(=O)N(Cc1cc(=O)n3ccsc3n1)C2=O. The first-order valence-electron chi connectivity index (χ1n) is 8.11. The molecule has 0 aromatic carbocycles. The van der Waals surface area contributed by atoms with Crippen LogP contribution in [0.25, 0.3) is 4.96 Å². The van der Waals surface area contributed by atoms with E-state index in [2.05, 4.69) is 10.3 Å². The summed E-state index contributed by atoms with van der Waals surface area (Å²) >= 11 is 1.34. The van der Waals surface area contributed by atoms with Gasteiger partial charge in [-0.2, -0.15) is 0 Å². The minimum absolute atomic E-state index is 0.0305. The smallest absolute Gasteiger partial charge is 0.323 e. The van der Waals surface area contributed by atoms with E-state index in [1.54, 1.807) is 11.6 Å². The van der Waals surface area contributed by atoms with Crippen molar-refractivity contribution < 1.29 is 9.59 Å². The molecule has 1 saturated carbocycles. The predicted octanol–water partition coefficient (Wildman–Crippen LogP) is 1.76. The molecule has 2 aromatic rings. The van der Waals surface area contributed by atoms with Crippen molar-refractivity contribution in [3.8, 4) is 0 Å². The maximum atomic E-state index is 12.9. The Hall–Kier alpha value is -2.22. The highest BCUT2D eigenvalue weighted by molar-refractivity contribution is 7.15. The summed E-state index contributed by atoms with van der Waals surface area (Å²) in [6.45, 7) is 2.05. The van der Waals surface area contributed by atoms with Crippen LogP contribution in [-0.2, 0) is 11.3 Å². The number of carbonyl (C=O) groups is 2. The normalized spacial score (nSPS) is 27.2.